The van der Waals surface area contributed by atoms with Crippen molar-refractivity contribution in [2.24, 2.45) is 0 Å². The molecule has 0 spiro atoms. The van der Waals surface area contributed by atoms with Crippen LogP contribution < -0.4 is 10.6 Å². The Balaban J connectivity index is 1.66. The SMILES string of the molecule is COC(=O)c1ccc(Nc2ccc(Nc3nc(C)cc(C)n3)cc2)nn1. The zero-order chi connectivity index (χ0) is 18.5. The van der Waals surface area contributed by atoms with Gasteiger partial charge in [-0.1, -0.05) is 0 Å². The van der Waals surface area contributed by atoms with Gasteiger partial charge in [-0.3, -0.25) is 0 Å². The van der Waals surface area contributed by atoms with Crippen LogP contribution in [0.5, 0.6) is 0 Å². The third kappa shape index (κ3) is 4.29. The van der Waals surface area contributed by atoms with Crippen LogP contribution in [-0.2, 0) is 4.74 Å². The fourth-order valence-electron chi connectivity index (χ4n) is 2.31. The second kappa shape index (κ2) is 7.56. The molecule has 0 radical (unpaired) electrons. The number of methoxy groups -OCH3 is 1. The summed E-state index contributed by atoms with van der Waals surface area (Å²) in [6.07, 6.45) is 0. The van der Waals surface area contributed by atoms with E-state index in [4.69, 9.17) is 0 Å². The first kappa shape index (κ1) is 17.3. The summed E-state index contributed by atoms with van der Waals surface area (Å²) in [7, 11) is 1.30. The average molecular weight is 350 g/mol. The lowest BCUT2D eigenvalue weighted by Crippen LogP contribution is -2.06. The number of carbonyl (C=O) groups is 1. The quantitative estimate of drug-likeness (QED) is 0.677. The van der Waals surface area contributed by atoms with Gasteiger partial charge in [-0.15, -0.1) is 10.2 Å². The van der Waals surface area contributed by atoms with Crippen molar-refractivity contribution in [3.63, 3.8) is 0 Å². The molecule has 0 fully saturated rings. The van der Waals surface area contributed by atoms with Gasteiger partial charge < -0.3 is 15.4 Å². The Kier molecular flexibility index (Phi) is 5.02. The number of anilines is 4. The monoisotopic (exact) mass is 350 g/mol. The van der Waals surface area contributed by atoms with E-state index in [2.05, 4.69) is 35.5 Å². The van der Waals surface area contributed by atoms with E-state index in [0.29, 0.717) is 11.8 Å². The molecule has 132 valence electrons. The van der Waals surface area contributed by atoms with Crippen molar-refractivity contribution in [1.29, 1.82) is 0 Å². The normalized spacial score (nSPS) is 10.3. The van der Waals surface area contributed by atoms with Gasteiger partial charge in [0.05, 0.1) is 7.11 Å². The van der Waals surface area contributed by atoms with Crippen LogP contribution in [0.1, 0.15) is 21.9 Å². The molecule has 0 amide bonds. The topological polar surface area (TPSA) is 102 Å². The minimum absolute atomic E-state index is 0.158. The molecule has 0 bridgehead atoms. The number of esters is 1. The average Bonchev–Trinajstić information content (AvgIpc) is 2.62. The van der Waals surface area contributed by atoms with Crippen molar-refractivity contribution in [2.75, 3.05) is 17.7 Å². The second-order valence-electron chi connectivity index (χ2n) is 5.60. The van der Waals surface area contributed by atoms with Crippen molar-refractivity contribution in [1.82, 2.24) is 20.2 Å². The largest absolute Gasteiger partial charge is 0.464 e. The molecule has 1 aromatic carbocycles. The maximum Gasteiger partial charge on any atom is 0.358 e. The summed E-state index contributed by atoms with van der Waals surface area (Å²) in [5.74, 6) is 0.566. The minimum Gasteiger partial charge on any atom is -0.464 e. The van der Waals surface area contributed by atoms with E-state index >= 15 is 0 Å². The highest BCUT2D eigenvalue weighted by Gasteiger charge is 2.07. The molecule has 26 heavy (non-hydrogen) atoms. The molecule has 0 atom stereocenters. The molecule has 3 rings (SSSR count). The van der Waals surface area contributed by atoms with E-state index < -0.39 is 5.97 Å². The molecule has 2 N–H and O–H groups in total. The van der Waals surface area contributed by atoms with Crippen LogP contribution in [0.25, 0.3) is 0 Å². The van der Waals surface area contributed by atoms with Crippen molar-refractivity contribution in [2.45, 2.75) is 13.8 Å². The number of benzene rings is 1. The number of hydrogen-bond donors (Lipinski definition) is 2. The van der Waals surface area contributed by atoms with Crippen LogP contribution in [0.2, 0.25) is 0 Å². The van der Waals surface area contributed by atoms with Crippen LogP contribution in [0.15, 0.2) is 42.5 Å². The van der Waals surface area contributed by atoms with Crippen molar-refractivity contribution >= 4 is 29.1 Å². The highest BCUT2D eigenvalue weighted by molar-refractivity contribution is 5.87. The number of carbonyl (C=O) groups excluding carboxylic acids is 1. The van der Waals surface area contributed by atoms with Gasteiger partial charge in [0.25, 0.3) is 0 Å². The predicted molar refractivity (Wildman–Crippen MR) is 97.9 cm³/mol. The Morgan fingerprint density at radius 1 is 0.885 bits per heavy atom. The van der Waals surface area contributed by atoms with Gasteiger partial charge >= 0.3 is 5.97 Å². The molecule has 0 unspecified atom stereocenters. The Morgan fingerprint density at radius 2 is 1.50 bits per heavy atom. The number of hydrogen-bond acceptors (Lipinski definition) is 8. The van der Waals surface area contributed by atoms with Crippen LogP contribution in [-0.4, -0.2) is 33.2 Å². The first-order valence-corrected chi connectivity index (χ1v) is 7.92. The van der Waals surface area contributed by atoms with Crippen LogP contribution >= 0.6 is 0 Å². The first-order valence-electron chi connectivity index (χ1n) is 7.92. The summed E-state index contributed by atoms with van der Waals surface area (Å²) in [4.78, 5) is 20.1. The highest BCUT2D eigenvalue weighted by atomic mass is 16.5. The number of ether oxygens (including phenoxy) is 1. The molecule has 8 heteroatoms. The fraction of sp³-hybridized carbons (Fsp3) is 0.167. The fourth-order valence-corrected chi connectivity index (χ4v) is 2.31. The predicted octanol–water partition coefficient (Wildman–Crippen LogP) is 3.16. The molecule has 0 aliphatic heterocycles. The molecule has 0 aliphatic carbocycles. The molecular formula is C18H18N6O2. The number of aromatic nitrogens is 4. The lowest BCUT2D eigenvalue weighted by molar-refractivity contribution is 0.0593. The zero-order valence-corrected chi connectivity index (χ0v) is 14.6. The van der Waals surface area contributed by atoms with Gasteiger partial charge in [0.2, 0.25) is 5.95 Å². The molecule has 2 heterocycles. The Hall–Kier alpha value is -3.55. The Labute approximate surface area is 150 Å². The number of rotatable bonds is 5. The van der Waals surface area contributed by atoms with E-state index in [1.165, 1.54) is 7.11 Å². The van der Waals surface area contributed by atoms with Gasteiger partial charge in [0.15, 0.2) is 11.5 Å². The number of nitrogens with one attached hydrogen (secondary N) is 2. The third-order valence-electron chi connectivity index (χ3n) is 3.45. The van der Waals surface area contributed by atoms with E-state index in [1.54, 1.807) is 12.1 Å². The lowest BCUT2D eigenvalue weighted by Gasteiger charge is -2.09. The number of nitrogens with zero attached hydrogens (tertiary/aromatic N) is 4. The zero-order valence-electron chi connectivity index (χ0n) is 14.6. The molecule has 0 saturated carbocycles. The molecule has 8 nitrogen and oxygen atoms in total. The smallest absolute Gasteiger partial charge is 0.358 e. The summed E-state index contributed by atoms with van der Waals surface area (Å²) in [5, 5.41) is 14.1. The summed E-state index contributed by atoms with van der Waals surface area (Å²) < 4.78 is 4.59. The molecule has 3 aromatic rings. The molecule has 0 aliphatic rings. The maximum absolute atomic E-state index is 11.4. The van der Waals surface area contributed by atoms with Crippen LogP contribution in [0.3, 0.4) is 0 Å². The molecule has 2 aromatic heterocycles. The summed E-state index contributed by atoms with van der Waals surface area (Å²) in [6, 6.07) is 12.7. The van der Waals surface area contributed by atoms with Gasteiger partial charge in [-0.25, -0.2) is 14.8 Å². The summed E-state index contributed by atoms with van der Waals surface area (Å²) in [6.45, 7) is 3.86. The van der Waals surface area contributed by atoms with Crippen LogP contribution in [0, 0.1) is 13.8 Å². The molecular weight excluding hydrogens is 332 g/mol. The van der Waals surface area contributed by atoms with Gasteiger partial charge in [-0.2, -0.15) is 0 Å². The molecule has 0 saturated heterocycles. The van der Waals surface area contributed by atoms with Crippen LogP contribution in [0.4, 0.5) is 23.1 Å². The second-order valence-corrected chi connectivity index (χ2v) is 5.60. The third-order valence-corrected chi connectivity index (χ3v) is 3.45. The van der Waals surface area contributed by atoms with E-state index in [9.17, 15) is 4.79 Å². The summed E-state index contributed by atoms with van der Waals surface area (Å²) >= 11 is 0. The number of aryl methyl sites for hydroxylation is 2. The Morgan fingerprint density at radius 3 is 2.04 bits per heavy atom. The van der Waals surface area contributed by atoms with Crippen molar-refractivity contribution in [3.8, 4) is 0 Å². The first-order chi connectivity index (χ1) is 12.5. The maximum atomic E-state index is 11.4. The standard InChI is InChI=1S/C18H18N6O2/c1-11-10-12(2)20-18(19-11)22-14-6-4-13(5-7-14)21-16-9-8-15(23-24-16)17(25)26-3/h4-10H,1-3H3,(H,21,24)(H,19,20,22). The van der Waals surface area contributed by atoms with Gasteiger partial charge in [0, 0.05) is 22.8 Å². The lowest BCUT2D eigenvalue weighted by atomic mass is 10.2. The summed E-state index contributed by atoms with van der Waals surface area (Å²) in [5.41, 5.74) is 3.68. The van der Waals surface area contributed by atoms with E-state index in [-0.39, 0.29) is 5.69 Å². The van der Waals surface area contributed by atoms with Crippen molar-refractivity contribution in [3.05, 3.63) is 59.5 Å². The highest BCUT2D eigenvalue weighted by Crippen LogP contribution is 2.19. The Bertz CT molecular complexity index is 890. The van der Waals surface area contributed by atoms with Gasteiger partial charge in [-0.05, 0) is 56.3 Å². The van der Waals surface area contributed by atoms with E-state index in [0.717, 1.165) is 22.8 Å². The van der Waals surface area contributed by atoms with Crippen molar-refractivity contribution < 1.29 is 9.53 Å². The minimum atomic E-state index is -0.520. The van der Waals surface area contributed by atoms with E-state index in [1.807, 2.05) is 44.2 Å². The van der Waals surface area contributed by atoms with Gasteiger partial charge in [0.1, 0.15) is 0 Å².